The van der Waals surface area contributed by atoms with Crippen LogP contribution in [0.5, 0.6) is 23.0 Å². The van der Waals surface area contributed by atoms with Crippen molar-refractivity contribution in [3.05, 3.63) is 53.6 Å². The summed E-state index contributed by atoms with van der Waals surface area (Å²) in [6, 6.07) is 9.03. The predicted octanol–water partition coefficient (Wildman–Crippen LogP) is -1.95. The molecule has 5 rings (SSSR count). The van der Waals surface area contributed by atoms with Gasteiger partial charge in [-0.05, 0) is 54.8 Å². The Kier molecular flexibility index (Phi) is 14.7. The molecular formula is C36H48O19. The van der Waals surface area contributed by atoms with E-state index in [1.165, 1.54) is 51.5 Å². The number of esters is 1. The number of phenols is 2. The molecule has 0 aromatic heterocycles. The number of ether oxygens (including phenoxy) is 9. The van der Waals surface area contributed by atoms with Gasteiger partial charge in [-0.1, -0.05) is 12.1 Å². The Morgan fingerprint density at radius 2 is 1.51 bits per heavy atom. The Labute approximate surface area is 315 Å². The highest BCUT2D eigenvalue weighted by atomic mass is 16.8. The van der Waals surface area contributed by atoms with Crippen LogP contribution >= 0.6 is 0 Å². The second kappa shape index (κ2) is 19.0. The molecule has 0 amide bonds. The summed E-state index contributed by atoms with van der Waals surface area (Å²) in [5.74, 6) is -0.805. The molecule has 0 bridgehead atoms. The van der Waals surface area contributed by atoms with Gasteiger partial charge in [-0.3, -0.25) is 0 Å². The summed E-state index contributed by atoms with van der Waals surface area (Å²) in [7, 11) is 2.76. The fraction of sp³-hybridized carbons (Fsp3) is 0.583. The van der Waals surface area contributed by atoms with E-state index in [-0.39, 0.29) is 36.0 Å². The minimum absolute atomic E-state index is 0.0830. The summed E-state index contributed by atoms with van der Waals surface area (Å²) < 4.78 is 50.6. The van der Waals surface area contributed by atoms with Crippen LogP contribution in [0.3, 0.4) is 0 Å². The lowest BCUT2D eigenvalue weighted by Gasteiger charge is -2.48. The fourth-order valence-corrected chi connectivity index (χ4v) is 6.26. The van der Waals surface area contributed by atoms with Crippen molar-refractivity contribution < 1.29 is 93.4 Å². The highest BCUT2D eigenvalue weighted by Crippen LogP contribution is 2.34. The smallest absolute Gasteiger partial charge is 0.331 e. The van der Waals surface area contributed by atoms with Crippen LogP contribution in [0.25, 0.3) is 6.08 Å². The first-order valence-electron chi connectivity index (χ1n) is 17.4. The maximum absolute atomic E-state index is 13.2. The zero-order chi connectivity index (χ0) is 40.0. The van der Waals surface area contributed by atoms with Gasteiger partial charge in [0.1, 0.15) is 54.9 Å². The third-order valence-corrected chi connectivity index (χ3v) is 9.40. The van der Waals surface area contributed by atoms with Gasteiger partial charge in [0.25, 0.3) is 0 Å². The average molecular weight is 785 g/mol. The number of benzene rings is 2. The van der Waals surface area contributed by atoms with E-state index in [2.05, 4.69) is 0 Å². The van der Waals surface area contributed by atoms with Crippen molar-refractivity contribution in [2.24, 2.45) is 0 Å². The molecular weight excluding hydrogens is 736 g/mol. The van der Waals surface area contributed by atoms with Crippen LogP contribution in [-0.2, 0) is 44.4 Å². The van der Waals surface area contributed by atoms with E-state index in [9.17, 15) is 50.8 Å². The second-order valence-electron chi connectivity index (χ2n) is 13.2. The topological polar surface area (TPSA) is 282 Å². The SMILES string of the molecule is COc1ccc(CCO[C@@H]2O[C@H](CO)[C@@H](OC(=O)/C=C/c3ccc(O)c(OC)c3)[C@H](O[C@@H]3O[C@@H](C)[C@H](O)[C@@H](O)C3O[C@H]3OC[C@@H](O)[C@H](O)[C@@H]3O)[C@H]2O)cc1O. The van der Waals surface area contributed by atoms with E-state index in [0.717, 1.165) is 6.08 Å². The summed E-state index contributed by atoms with van der Waals surface area (Å²) in [5.41, 5.74) is 1.08. The zero-order valence-electron chi connectivity index (χ0n) is 30.1. The molecule has 14 atom stereocenters. The van der Waals surface area contributed by atoms with Crippen molar-refractivity contribution in [2.45, 2.75) is 99.4 Å². The maximum Gasteiger partial charge on any atom is 0.331 e. The van der Waals surface area contributed by atoms with Gasteiger partial charge in [0.2, 0.25) is 0 Å². The molecule has 3 fully saturated rings. The van der Waals surface area contributed by atoms with Crippen LogP contribution in [0, 0.1) is 0 Å². The number of carbonyl (C=O) groups excluding carboxylic acids is 1. The van der Waals surface area contributed by atoms with Gasteiger partial charge >= 0.3 is 5.97 Å². The summed E-state index contributed by atoms with van der Waals surface area (Å²) in [5, 5.41) is 94.5. The van der Waals surface area contributed by atoms with Gasteiger partial charge in [0.05, 0.1) is 40.1 Å². The molecule has 0 radical (unpaired) electrons. The van der Waals surface area contributed by atoms with E-state index >= 15 is 0 Å². The Morgan fingerprint density at radius 1 is 0.782 bits per heavy atom. The number of aromatic hydroxyl groups is 2. The zero-order valence-corrected chi connectivity index (χ0v) is 30.1. The van der Waals surface area contributed by atoms with Gasteiger partial charge in [-0.25, -0.2) is 4.79 Å². The molecule has 19 heteroatoms. The minimum atomic E-state index is -1.81. The predicted molar refractivity (Wildman–Crippen MR) is 183 cm³/mol. The summed E-state index contributed by atoms with van der Waals surface area (Å²) in [4.78, 5) is 13.2. The number of hydrogen-bond acceptors (Lipinski definition) is 19. The first kappa shape index (κ1) is 42.5. The van der Waals surface area contributed by atoms with Crippen LogP contribution < -0.4 is 9.47 Å². The van der Waals surface area contributed by atoms with Crippen molar-refractivity contribution in [2.75, 3.05) is 34.0 Å². The normalized spacial score (nSPS) is 35.4. The van der Waals surface area contributed by atoms with Crippen LogP contribution in [0.15, 0.2) is 42.5 Å². The summed E-state index contributed by atoms with van der Waals surface area (Å²) >= 11 is 0. The second-order valence-corrected chi connectivity index (χ2v) is 13.2. The van der Waals surface area contributed by atoms with Crippen molar-refractivity contribution in [1.29, 1.82) is 0 Å². The Morgan fingerprint density at radius 3 is 2.20 bits per heavy atom. The summed E-state index contributed by atoms with van der Waals surface area (Å²) in [6.07, 6.45) is -19.7. The van der Waals surface area contributed by atoms with E-state index in [4.69, 9.17) is 42.6 Å². The molecule has 1 unspecified atom stereocenters. The molecule has 3 aliphatic heterocycles. The van der Waals surface area contributed by atoms with Crippen LogP contribution in [-0.4, -0.2) is 172 Å². The van der Waals surface area contributed by atoms with Gasteiger partial charge < -0.3 is 88.6 Å². The highest BCUT2D eigenvalue weighted by molar-refractivity contribution is 5.87. The number of aliphatic hydroxyl groups excluding tert-OH is 7. The lowest BCUT2D eigenvalue weighted by molar-refractivity contribution is -0.381. The number of aliphatic hydroxyl groups is 7. The van der Waals surface area contributed by atoms with Crippen LogP contribution in [0.1, 0.15) is 18.1 Å². The third kappa shape index (κ3) is 10.0. The van der Waals surface area contributed by atoms with Gasteiger partial charge in [0, 0.05) is 6.08 Å². The van der Waals surface area contributed by atoms with Crippen molar-refractivity contribution in [3.8, 4) is 23.0 Å². The van der Waals surface area contributed by atoms with Gasteiger partial charge in [-0.2, -0.15) is 0 Å². The molecule has 0 saturated carbocycles. The molecule has 306 valence electrons. The van der Waals surface area contributed by atoms with Crippen molar-refractivity contribution in [3.63, 3.8) is 0 Å². The minimum Gasteiger partial charge on any atom is -0.504 e. The van der Waals surface area contributed by atoms with E-state index in [1.807, 2.05) is 0 Å². The molecule has 9 N–H and O–H groups in total. The van der Waals surface area contributed by atoms with Gasteiger partial charge in [0.15, 0.2) is 48.0 Å². The van der Waals surface area contributed by atoms with E-state index in [0.29, 0.717) is 11.1 Å². The summed E-state index contributed by atoms with van der Waals surface area (Å²) in [6.45, 7) is 0.0972. The molecule has 3 aliphatic rings. The maximum atomic E-state index is 13.2. The number of hydrogen-bond donors (Lipinski definition) is 9. The van der Waals surface area contributed by atoms with Crippen molar-refractivity contribution in [1.82, 2.24) is 0 Å². The number of carbonyl (C=O) groups is 1. The van der Waals surface area contributed by atoms with Crippen LogP contribution in [0.2, 0.25) is 0 Å². The Balaban J connectivity index is 1.40. The van der Waals surface area contributed by atoms with E-state index < -0.39 is 105 Å². The number of rotatable bonds is 14. The lowest BCUT2D eigenvalue weighted by atomic mass is 9.96. The molecule has 2 aromatic carbocycles. The molecule has 3 heterocycles. The Hall–Kier alpha value is -3.67. The molecule has 2 aromatic rings. The first-order chi connectivity index (χ1) is 26.3. The first-order valence-corrected chi connectivity index (χ1v) is 17.4. The fourth-order valence-electron chi connectivity index (χ4n) is 6.26. The number of methoxy groups -OCH3 is 2. The highest BCUT2D eigenvalue weighted by Gasteiger charge is 2.54. The van der Waals surface area contributed by atoms with Gasteiger partial charge in [-0.15, -0.1) is 0 Å². The lowest BCUT2D eigenvalue weighted by Crippen LogP contribution is -2.66. The largest absolute Gasteiger partial charge is 0.504 e. The van der Waals surface area contributed by atoms with Crippen LogP contribution in [0.4, 0.5) is 0 Å². The monoisotopic (exact) mass is 784 g/mol. The molecule has 0 spiro atoms. The number of phenolic OH excluding ortho intramolecular Hbond substituents is 2. The molecule has 19 nitrogen and oxygen atoms in total. The standard InChI is InChI=1S/C36H48O19/c1-16-26(42)28(44)33(55-34-29(45)27(43)21(40)15-50-34)36(51-16)54-32-30(46)35(49-11-10-18-5-8-22(47-2)20(39)12-18)52-24(14-37)31(32)53-25(41)9-6-17-4-7-19(38)23(13-17)48-3/h4-9,12-13,16,21,24,26-40,42-46H,10-11,14-15H2,1-3H3/b9-6+/t16-,21+,24+,26-,27-,28+,29-,30+,31+,32+,33?,34+,35+,36-/m0/s1. The van der Waals surface area contributed by atoms with Crippen molar-refractivity contribution >= 4 is 12.0 Å². The van der Waals surface area contributed by atoms with E-state index in [1.54, 1.807) is 12.1 Å². The molecule has 0 aliphatic carbocycles. The Bertz CT molecular complexity index is 1590. The third-order valence-electron chi connectivity index (χ3n) is 9.40. The molecule has 55 heavy (non-hydrogen) atoms. The average Bonchev–Trinajstić information content (AvgIpc) is 3.17. The quantitative estimate of drug-likeness (QED) is 0.0744. The molecule has 3 saturated heterocycles.